The number of carbonyl (C=O) groups excluding carboxylic acids is 3. The first kappa shape index (κ1) is 21.7. The molecule has 0 aliphatic carbocycles. The minimum atomic E-state index is -0.359. The predicted molar refractivity (Wildman–Crippen MR) is 108 cm³/mol. The Labute approximate surface area is 169 Å². The summed E-state index contributed by atoms with van der Waals surface area (Å²) < 4.78 is 16.0. The van der Waals surface area contributed by atoms with Gasteiger partial charge in [-0.25, -0.2) is 0 Å². The van der Waals surface area contributed by atoms with Gasteiger partial charge in [-0.05, 0) is 42.8 Å². The molecule has 0 spiro atoms. The molecule has 0 bridgehead atoms. The Kier molecular flexibility index (Phi) is 7.59. The fourth-order valence-corrected chi connectivity index (χ4v) is 2.54. The summed E-state index contributed by atoms with van der Waals surface area (Å²) in [5.41, 5.74) is 1.63. The van der Waals surface area contributed by atoms with Crippen molar-refractivity contribution >= 4 is 23.3 Å². The van der Waals surface area contributed by atoms with Crippen LogP contribution in [0, 0.1) is 0 Å². The Balaban J connectivity index is 2.00. The molecule has 0 unspecified atom stereocenters. The van der Waals surface area contributed by atoms with Crippen molar-refractivity contribution in [1.82, 2.24) is 5.32 Å². The molecule has 8 heteroatoms. The lowest BCUT2D eigenvalue weighted by molar-refractivity contribution is -0.123. The average molecular weight is 400 g/mol. The van der Waals surface area contributed by atoms with Gasteiger partial charge in [0.15, 0.2) is 23.9 Å². The van der Waals surface area contributed by atoms with Crippen molar-refractivity contribution in [2.24, 2.45) is 0 Å². The van der Waals surface area contributed by atoms with Gasteiger partial charge in [-0.1, -0.05) is 6.07 Å². The van der Waals surface area contributed by atoms with E-state index in [1.54, 1.807) is 31.4 Å². The van der Waals surface area contributed by atoms with E-state index in [-0.39, 0.29) is 36.5 Å². The topological polar surface area (TPSA) is 103 Å². The first-order valence-electron chi connectivity index (χ1n) is 8.87. The van der Waals surface area contributed by atoms with Crippen molar-refractivity contribution in [1.29, 1.82) is 0 Å². The number of ether oxygens (including phenoxy) is 3. The molecule has 8 nitrogen and oxygen atoms in total. The Morgan fingerprint density at radius 2 is 1.62 bits per heavy atom. The molecule has 0 aliphatic rings. The standard InChI is InChI=1S/C21H24N2O6/c1-13(24)16-6-7-17(23-14(2)25)19(10-16)29-12-21(26)22-11-15-5-8-18(27-3)20(9-15)28-4/h5-10H,11-12H2,1-4H3,(H,22,26)(H,23,25). The lowest BCUT2D eigenvalue weighted by Gasteiger charge is -2.13. The third-order valence-corrected chi connectivity index (χ3v) is 4.00. The van der Waals surface area contributed by atoms with Gasteiger partial charge in [-0.2, -0.15) is 0 Å². The molecule has 154 valence electrons. The molecular weight excluding hydrogens is 376 g/mol. The summed E-state index contributed by atoms with van der Waals surface area (Å²) in [4.78, 5) is 35.1. The molecule has 2 aromatic carbocycles. The minimum absolute atomic E-state index is 0.151. The van der Waals surface area contributed by atoms with Crippen LogP contribution in [0.5, 0.6) is 17.2 Å². The van der Waals surface area contributed by atoms with Crippen molar-refractivity contribution in [3.63, 3.8) is 0 Å². The molecule has 0 saturated heterocycles. The van der Waals surface area contributed by atoms with Gasteiger partial charge in [0.1, 0.15) is 5.75 Å². The van der Waals surface area contributed by atoms with Crippen molar-refractivity contribution in [2.45, 2.75) is 20.4 Å². The molecule has 2 aromatic rings. The van der Waals surface area contributed by atoms with Crippen LogP contribution >= 0.6 is 0 Å². The smallest absolute Gasteiger partial charge is 0.258 e. The molecule has 0 radical (unpaired) electrons. The first-order chi connectivity index (χ1) is 13.8. The van der Waals surface area contributed by atoms with Crippen molar-refractivity contribution in [3.8, 4) is 17.2 Å². The van der Waals surface area contributed by atoms with Gasteiger partial charge in [0.25, 0.3) is 5.91 Å². The fraction of sp³-hybridized carbons (Fsp3) is 0.286. The highest BCUT2D eigenvalue weighted by molar-refractivity contribution is 5.96. The van der Waals surface area contributed by atoms with Crippen molar-refractivity contribution < 1.29 is 28.6 Å². The van der Waals surface area contributed by atoms with Crippen LogP contribution in [0.25, 0.3) is 0 Å². The second kappa shape index (κ2) is 10.1. The summed E-state index contributed by atoms with van der Waals surface area (Å²) >= 11 is 0. The zero-order valence-corrected chi connectivity index (χ0v) is 16.8. The number of rotatable bonds is 9. The fourth-order valence-electron chi connectivity index (χ4n) is 2.54. The zero-order chi connectivity index (χ0) is 21.4. The van der Waals surface area contributed by atoms with E-state index < -0.39 is 0 Å². The van der Waals surface area contributed by atoms with E-state index in [2.05, 4.69) is 10.6 Å². The summed E-state index contributed by atoms with van der Waals surface area (Å²) in [6.07, 6.45) is 0. The number of ketones is 1. The quantitative estimate of drug-likeness (QED) is 0.627. The van der Waals surface area contributed by atoms with Gasteiger partial charge >= 0.3 is 0 Å². The van der Waals surface area contributed by atoms with Gasteiger partial charge in [-0.15, -0.1) is 0 Å². The Bertz CT molecular complexity index is 910. The number of hydrogen-bond donors (Lipinski definition) is 2. The summed E-state index contributed by atoms with van der Waals surface area (Å²) in [6, 6.07) is 9.98. The lowest BCUT2D eigenvalue weighted by atomic mass is 10.1. The monoisotopic (exact) mass is 400 g/mol. The highest BCUT2D eigenvalue weighted by Gasteiger charge is 2.12. The Morgan fingerprint density at radius 1 is 0.897 bits per heavy atom. The molecular formula is C21H24N2O6. The minimum Gasteiger partial charge on any atom is -0.493 e. The van der Waals surface area contributed by atoms with E-state index in [1.807, 2.05) is 6.07 Å². The first-order valence-corrected chi connectivity index (χ1v) is 8.87. The summed E-state index contributed by atoms with van der Waals surface area (Å²) in [5, 5.41) is 5.35. The number of Topliss-reactive ketones (excluding diaryl/α,β-unsaturated/α-hetero) is 1. The number of benzene rings is 2. The molecule has 0 aliphatic heterocycles. The zero-order valence-electron chi connectivity index (χ0n) is 16.8. The van der Waals surface area contributed by atoms with Crippen LogP contribution in [0.3, 0.4) is 0 Å². The molecule has 0 atom stereocenters. The second-order valence-corrected chi connectivity index (χ2v) is 6.20. The van der Waals surface area contributed by atoms with Crippen molar-refractivity contribution in [3.05, 3.63) is 47.5 Å². The van der Waals surface area contributed by atoms with Crippen LogP contribution in [0.1, 0.15) is 29.8 Å². The van der Waals surface area contributed by atoms with Crippen LogP contribution in [-0.4, -0.2) is 38.4 Å². The lowest BCUT2D eigenvalue weighted by Crippen LogP contribution is -2.28. The Hall–Kier alpha value is -3.55. The summed E-state index contributed by atoms with van der Waals surface area (Å²) in [7, 11) is 3.09. The highest BCUT2D eigenvalue weighted by Crippen LogP contribution is 2.28. The number of nitrogens with one attached hydrogen (secondary N) is 2. The van der Waals surface area contributed by atoms with Crippen LogP contribution in [0.4, 0.5) is 5.69 Å². The van der Waals surface area contributed by atoms with Crippen LogP contribution < -0.4 is 24.8 Å². The van der Waals surface area contributed by atoms with E-state index in [9.17, 15) is 14.4 Å². The molecule has 0 aromatic heterocycles. The van der Waals surface area contributed by atoms with Gasteiger partial charge in [0.05, 0.1) is 19.9 Å². The summed E-state index contributed by atoms with van der Waals surface area (Å²) in [6.45, 7) is 2.78. The van der Waals surface area contributed by atoms with Crippen molar-refractivity contribution in [2.75, 3.05) is 26.1 Å². The number of carbonyl (C=O) groups is 3. The second-order valence-electron chi connectivity index (χ2n) is 6.20. The molecule has 2 rings (SSSR count). The SMILES string of the molecule is COc1ccc(CNC(=O)COc2cc(C(C)=O)ccc2NC(C)=O)cc1OC. The maximum atomic E-state index is 12.2. The van der Waals surface area contributed by atoms with E-state index in [0.29, 0.717) is 22.7 Å². The van der Waals surface area contributed by atoms with E-state index in [1.165, 1.54) is 27.0 Å². The van der Waals surface area contributed by atoms with Gasteiger partial charge in [0, 0.05) is 19.0 Å². The molecule has 0 heterocycles. The third kappa shape index (κ3) is 6.24. The molecule has 0 fully saturated rings. The van der Waals surface area contributed by atoms with Gasteiger partial charge in [0.2, 0.25) is 5.91 Å². The number of amides is 2. The maximum absolute atomic E-state index is 12.2. The number of anilines is 1. The summed E-state index contributed by atoms with van der Waals surface area (Å²) in [5.74, 6) is 0.611. The molecule has 2 N–H and O–H groups in total. The van der Waals surface area contributed by atoms with Crippen LogP contribution in [-0.2, 0) is 16.1 Å². The largest absolute Gasteiger partial charge is 0.493 e. The van der Waals surface area contributed by atoms with E-state index >= 15 is 0 Å². The molecule has 0 saturated carbocycles. The van der Waals surface area contributed by atoms with Gasteiger partial charge in [-0.3, -0.25) is 14.4 Å². The number of methoxy groups -OCH3 is 2. The van der Waals surface area contributed by atoms with Crippen LogP contribution in [0.2, 0.25) is 0 Å². The number of hydrogen-bond acceptors (Lipinski definition) is 6. The molecule has 2 amide bonds. The third-order valence-electron chi connectivity index (χ3n) is 4.00. The van der Waals surface area contributed by atoms with Crippen LogP contribution in [0.15, 0.2) is 36.4 Å². The average Bonchev–Trinajstić information content (AvgIpc) is 2.70. The Morgan fingerprint density at radius 3 is 2.24 bits per heavy atom. The molecule has 29 heavy (non-hydrogen) atoms. The maximum Gasteiger partial charge on any atom is 0.258 e. The normalized spacial score (nSPS) is 10.1. The van der Waals surface area contributed by atoms with E-state index in [0.717, 1.165) is 5.56 Å². The van der Waals surface area contributed by atoms with Gasteiger partial charge < -0.3 is 24.8 Å². The highest BCUT2D eigenvalue weighted by atomic mass is 16.5. The predicted octanol–water partition coefficient (Wildman–Crippen LogP) is 2.56. The van der Waals surface area contributed by atoms with E-state index in [4.69, 9.17) is 14.2 Å².